The summed E-state index contributed by atoms with van der Waals surface area (Å²) in [4.78, 5) is 0. The minimum absolute atomic E-state index is 0.259. The molecule has 1 aliphatic carbocycles. The van der Waals surface area contributed by atoms with E-state index < -0.39 is 0 Å². The molecule has 0 radical (unpaired) electrons. The number of hydrogen-bond donors (Lipinski definition) is 2. The van der Waals surface area contributed by atoms with Crippen molar-refractivity contribution in [3.8, 4) is 0 Å². The van der Waals surface area contributed by atoms with Crippen molar-refractivity contribution in [2.75, 3.05) is 0 Å². The summed E-state index contributed by atoms with van der Waals surface area (Å²) in [5.41, 5.74) is 2.06. The van der Waals surface area contributed by atoms with Crippen LogP contribution in [0.25, 0.3) is 0 Å². The van der Waals surface area contributed by atoms with Crippen LogP contribution < -0.4 is 0 Å². The van der Waals surface area contributed by atoms with E-state index >= 15 is 0 Å². The van der Waals surface area contributed by atoms with Gasteiger partial charge in [0.05, 0.1) is 11.4 Å². The van der Waals surface area contributed by atoms with Crippen molar-refractivity contribution in [3.63, 3.8) is 0 Å². The average Bonchev–Trinajstić information content (AvgIpc) is 2.23. The normalized spacial score (nSPS) is 27.5. The third-order valence-electron chi connectivity index (χ3n) is 2.69. The molecule has 0 heterocycles. The van der Waals surface area contributed by atoms with Gasteiger partial charge in [-0.3, -0.25) is 0 Å². The van der Waals surface area contributed by atoms with Crippen molar-refractivity contribution in [3.05, 3.63) is 11.6 Å². The summed E-state index contributed by atoms with van der Waals surface area (Å²) in [5, 5.41) is 24.2. The molecule has 0 aromatic carbocycles. The minimum atomic E-state index is -0.259. The highest BCUT2D eigenvalue weighted by molar-refractivity contribution is 6.06. The first-order chi connectivity index (χ1) is 6.51. The highest BCUT2D eigenvalue weighted by Crippen LogP contribution is 2.30. The molecule has 0 atom stereocenters. The van der Waals surface area contributed by atoms with Gasteiger partial charge in [0.25, 0.3) is 0 Å². The molecule has 0 aliphatic heterocycles. The number of oxime groups is 2. The molecular formula is C10H16N2O2. The predicted octanol–water partition coefficient (Wildman–Crippen LogP) is 2.41. The number of hydrogen-bond acceptors (Lipinski definition) is 4. The molecule has 2 N–H and O–H groups in total. The Morgan fingerprint density at radius 3 is 2.43 bits per heavy atom. The largest absolute Gasteiger partial charge is 0.411 e. The molecule has 1 rings (SSSR count). The average molecular weight is 196 g/mol. The molecule has 0 saturated carbocycles. The van der Waals surface area contributed by atoms with E-state index in [1.807, 2.05) is 26.8 Å². The summed E-state index contributed by atoms with van der Waals surface area (Å²) in [6.45, 7) is 5.84. The van der Waals surface area contributed by atoms with E-state index in [-0.39, 0.29) is 5.41 Å². The summed E-state index contributed by atoms with van der Waals surface area (Å²) in [6.07, 6.45) is 3.11. The van der Waals surface area contributed by atoms with E-state index in [2.05, 4.69) is 10.3 Å². The maximum Gasteiger partial charge on any atom is 0.0830 e. The van der Waals surface area contributed by atoms with Crippen LogP contribution in [0.1, 0.15) is 33.6 Å². The van der Waals surface area contributed by atoms with Crippen LogP contribution in [0.15, 0.2) is 22.0 Å². The SMILES string of the molecule is CC1=CC/C(=N\O)C(C)(C)C/C1=N/O. The summed E-state index contributed by atoms with van der Waals surface area (Å²) in [6, 6.07) is 0. The molecule has 0 fully saturated rings. The Bertz CT molecular complexity index is 314. The predicted molar refractivity (Wildman–Crippen MR) is 55.2 cm³/mol. The van der Waals surface area contributed by atoms with Crippen LogP contribution in [0.2, 0.25) is 0 Å². The second kappa shape index (κ2) is 3.82. The van der Waals surface area contributed by atoms with Gasteiger partial charge in [-0.1, -0.05) is 30.2 Å². The minimum Gasteiger partial charge on any atom is -0.411 e. The van der Waals surface area contributed by atoms with Gasteiger partial charge in [0, 0.05) is 18.3 Å². The fraction of sp³-hybridized carbons (Fsp3) is 0.600. The Kier molecular flexibility index (Phi) is 2.93. The second-order valence-corrected chi connectivity index (χ2v) is 4.25. The lowest BCUT2D eigenvalue weighted by Crippen LogP contribution is -2.25. The summed E-state index contributed by atoms with van der Waals surface area (Å²) >= 11 is 0. The third kappa shape index (κ3) is 1.95. The molecule has 0 amide bonds. The zero-order chi connectivity index (χ0) is 10.8. The van der Waals surface area contributed by atoms with Gasteiger partial charge >= 0.3 is 0 Å². The lowest BCUT2D eigenvalue weighted by Gasteiger charge is -2.23. The summed E-state index contributed by atoms with van der Waals surface area (Å²) < 4.78 is 0. The van der Waals surface area contributed by atoms with Crippen molar-refractivity contribution >= 4 is 11.4 Å². The molecule has 0 bridgehead atoms. The molecule has 4 heteroatoms. The van der Waals surface area contributed by atoms with Crippen LogP contribution in [0.4, 0.5) is 0 Å². The lowest BCUT2D eigenvalue weighted by molar-refractivity contribution is 0.305. The number of nitrogens with zero attached hydrogens (tertiary/aromatic N) is 2. The smallest absolute Gasteiger partial charge is 0.0830 e. The van der Waals surface area contributed by atoms with Gasteiger partial charge in [0.1, 0.15) is 0 Å². The number of rotatable bonds is 0. The zero-order valence-electron chi connectivity index (χ0n) is 8.78. The second-order valence-electron chi connectivity index (χ2n) is 4.25. The van der Waals surface area contributed by atoms with Gasteiger partial charge in [-0.25, -0.2) is 0 Å². The fourth-order valence-corrected chi connectivity index (χ4v) is 1.59. The van der Waals surface area contributed by atoms with E-state index in [1.165, 1.54) is 0 Å². The van der Waals surface area contributed by atoms with E-state index in [0.29, 0.717) is 18.6 Å². The summed E-state index contributed by atoms with van der Waals surface area (Å²) in [5.74, 6) is 0. The zero-order valence-corrected chi connectivity index (χ0v) is 8.78. The van der Waals surface area contributed by atoms with Crippen molar-refractivity contribution < 1.29 is 10.4 Å². The van der Waals surface area contributed by atoms with Crippen LogP contribution in [0.3, 0.4) is 0 Å². The highest BCUT2D eigenvalue weighted by Gasteiger charge is 2.30. The van der Waals surface area contributed by atoms with E-state index in [1.54, 1.807) is 0 Å². The topological polar surface area (TPSA) is 65.2 Å². The first kappa shape index (κ1) is 10.8. The van der Waals surface area contributed by atoms with Gasteiger partial charge < -0.3 is 10.4 Å². The van der Waals surface area contributed by atoms with E-state index in [0.717, 1.165) is 11.3 Å². The third-order valence-corrected chi connectivity index (χ3v) is 2.69. The number of allylic oxidation sites excluding steroid dienone is 2. The van der Waals surface area contributed by atoms with Crippen LogP contribution in [0, 0.1) is 5.41 Å². The highest BCUT2D eigenvalue weighted by atomic mass is 16.4. The van der Waals surface area contributed by atoms with Crippen molar-refractivity contribution in [2.45, 2.75) is 33.6 Å². The molecule has 0 spiro atoms. The van der Waals surface area contributed by atoms with E-state index in [4.69, 9.17) is 10.4 Å². The molecule has 0 unspecified atom stereocenters. The lowest BCUT2D eigenvalue weighted by atomic mass is 9.82. The van der Waals surface area contributed by atoms with Gasteiger partial charge in [-0.15, -0.1) is 0 Å². The van der Waals surface area contributed by atoms with Crippen molar-refractivity contribution in [1.82, 2.24) is 0 Å². The molecular weight excluding hydrogens is 180 g/mol. The summed E-state index contributed by atoms with van der Waals surface area (Å²) in [7, 11) is 0. The molecule has 1 aliphatic rings. The van der Waals surface area contributed by atoms with Gasteiger partial charge in [0.2, 0.25) is 0 Å². The molecule has 4 nitrogen and oxygen atoms in total. The van der Waals surface area contributed by atoms with Gasteiger partial charge in [-0.2, -0.15) is 0 Å². The quantitative estimate of drug-likeness (QED) is 0.461. The van der Waals surface area contributed by atoms with Crippen molar-refractivity contribution in [1.29, 1.82) is 0 Å². The van der Waals surface area contributed by atoms with E-state index in [9.17, 15) is 0 Å². The monoisotopic (exact) mass is 196 g/mol. The first-order valence-electron chi connectivity index (χ1n) is 4.60. The van der Waals surface area contributed by atoms with Crippen molar-refractivity contribution in [2.24, 2.45) is 15.7 Å². The maximum absolute atomic E-state index is 8.85. The Labute approximate surface area is 83.6 Å². The van der Waals surface area contributed by atoms with Gasteiger partial charge in [0.15, 0.2) is 0 Å². The molecule has 0 aromatic heterocycles. The molecule has 14 heavy (non-hydrogen) atoms. The Balaban J connectivity index is 3.08. The molecule has 78 valence electrons. The molecule has 0 saturated heterocycles. The van der Waals surface area contributed by atoms with Crippen LogP contribution in [-0.2, 0) is 0 Å². The maximum atomic E-state index is 8.85. The van der Waals surface area contributed by atoms with Crippen LogP contribution >= 0.6 is 0 Å². The molecule has 0 aromatic rings. The Morgan fingerprint density at radius 2 is 1.93 bits per heavy atom. The van der Waals surface area contributed by atoms with Gasteiger partial charge in [-0.05, 0) is 12.5 Å². The first-order valence-corrected chi connectivity index (χ1v) is 4.60. The fourth-order valence-electron chi connectivity index (χ4n) is 1.59. The Morgan fingerprint density at radius 1 is 1.29 bits per heavy atom. The standard InChI is InChI=1S/C10H16N2O2/c1-7-4-5-9(12-14)10(2,3)6-8(7)11-13/h4,13-14H,5-6H2,1-3H3/b11-8-,12-9+. The Hall–Kier alpha value is -1.32. The van der Waals surface area contributed by atoms with Crippen LogP contribution in [0.5, 0.6) is 0 Å². The van der Waals surface area contributed by atoms with Crippen LogP contribution in [-0.4, -0.2) is 21.8 Å².